The summed E-state index contributed by atoms with van der Waals surface area (Å²) >= 11 is 0. The van der Waals surface area contributed by atoms with Crippen molar-refractivity contribution in [3.8, 4) is 16.9 Å². The first-order valence-electron chi connectivity index (χ1n) is 13.7. The van der Waals surface area contributed by atoms with Crippen LogP contribution in [-0.2, 0) is 20.8 Å². The summed E-state index contributed by atoms with van der Waals surface area (Å²) < 4.78 is 0. The number of amides is 1. The van der Waals surface area contributed by atoms with E-state index in [1.165, 1.54) is 25.1 Å². The zero-order chi connectivity index (χ0) is 31.1. The van der Waals surface area contributed by atoms with E-state index in [9.17, 15) is 44.7 Å². The molecule has 2 unspecified atom stereocenters. The van der Waals surface area contributed by atoms with Gasteiger partial charge < -0.3 is 36.2 Å². The van der Waals surface area contributed by atoms with Gasteiger partial charge in [0, 0.05) is 29.0 Å². The van der Waals surface area contributed by atoms with Gasteiger partial charge in [-0.3, -0.25) is 19.2 Å². The first kappa shape index (κ1) is 28.7. The van der Waals surface area contributed by atoms with Crippen molar-refractivity contribution in [1.29, 1.82) is 0 Å². The van der Waals surface area contributed by atoms with Gasteiger partial charge in [-0.15, -0.1) is 0 Å². The van der Waals surface area contributed by atoms with Gasteiger partial charge in [-0.1, -0.05) is 42.5 Å². The minimum Gasteiger partial charge on any atom is -0.507 e. The second-order valence-corrected chi connectivity index (χ2v) is 11.7. The molecule has 11 nitrogen and oxygen atoms in total. The van der Waals surface area contributed by atoms with Crippen LogP contribution in [0.25, 0.3) is 27.7 Å². The molecule has 7 N–H and O–H groups in total. The van der Waals surface area contributed by atoms with Gasteiger partial charge in [-0.2, -0.15) is 0 Å². The summed E-state index contributed by atoms with van der Waals surface area (Å²) in [7, 11) is 3.01. The monoisotopic (exact) mass is 586 g/mol. The lowest BCUT2D eigenvalue weighted by molar-refractivity contribution is -0.198. The quantitative estimate of drug-likeness (QED) is 0.187. The Morgan fingerprint density at radius 1 is 0.977 bits per heavy atom. The number of aliphatic hydroxyl groups is 4. The maximum absolute atomic E-state index is 14.1. The van der Waals surface area contributed by atoms with Crippen molar-refractivity contribution >= 4 is 40.3 Å². The minimum absolute atomic E-state index is 0.0919. The van der Waals surface area contributed by atoms with Gasteiger partial charge in [0.1, 0.15) is 17.4 Å². The molecule has 3 aliphatic rings. The van der Waals surface area contributed by atoms with Crippen LogP contribution in [0, 0.1) is 17.8 Å². The molecular formula is C32H30N2O9. The molecule has 0 heterocycles. The molecule has 2 fully saturated rings. The Hall–Kier alpha value is -4.42. The zero-order valence-corrected chi connectivity index (χ0v) is 23.3. The van der Waals surface area contributed by atoms with Gasteiger partial charge in [0.2, 0.25) is 11.7 Å². The van der Waals surface area contributed by atoms with Crippen LogP contribution in [0.4, 0.5) is 0 Å². The molecule has 0 bridgehead atoms. The molecule has 0 saturated heterocycles. The SMILES string of the molecule is CN(C)[C@H]1C(O)C(C(N)=O)C(=O)[C@]2(O)C(=O)C3=C(O)c4c(O)ccc(-c5ccc(C=O)c6ccccc56)c4C[C@@H]3[C@@H](O)[C@H]12. The molecular weight excluding hydrogens is 556 g/mol. The number of aromatic hydroxyl groups is 1. The number of hydrogen-bond donors (Lipinski definition) is 6. The number of Topliss-reactive ketones (excluding diaryl/α,β-unsaturated/α-hetero) is 2. The number of ketones is 2. The highest BCUT2D eigenvalue weighted by Gasteiger charge is 2.70. The number of rotatable bonds is 4. The Labute approximate surface area is 245 Å². The maximum Gasteiger partial charge on any atom is 0.230 e. The van der Waals surface area contributed by atoms with E-state index < -0.39 is 70.4 Å². The summed E-state index contributed by atoms with van der Waals surface area (Å²) in [6.45, 7) is 0. The number of likely N-dealkylation sites (N-methyl/N-ethyl adjacent to an activating group) is 1. The summed E-state index contributed by atoms with van der Waals surface area (Å²) in [6, 6.07) is 12.3. The Kier molecular flexibility index (Phi) is 6.55. The number of nitrogens with zero attached hydrogens (tertiary/aromatic N) is 1. The van der Waals surface area contributed by atoms with E-state index in [0.29, 0.717) is 27.6 Å². The second kappa shape index (κ2) is 9.81. The third kappa shape index (κ3) is 3.75. The fourth-order valence-corrected chi connectivity index (χ4v) is 7.53. The third-order valence-corrected chi connectivity index (χ3v) is 9.43. The highest BCUT2D eigenvalue weighted by molar-refractivity contribution is 6.25. The molecule has 0 radical (unpaired) electrons. The molecule has 11 heteroatoms. The van der Waals surface area contributed by atoms with Gasteiger partial charge in [0.25, 0.3) is 0 Å². The maximum atomic E-state index is 14.1. The van der Waals surface area contributed by atoms with Crippen LogP contribution in [-0.4, -0.2) is 92.1 Å². The van der Waals surface area contributed by atoms with E-state index in [-0.39, 0.29) is 17.7 Å². The van der Waals surface area contributed by atoms with E-state index in [1.807, 2.05) is 6.07 Å². The topological polar surface area (TPSA) is 199 Å². The van der Waals surface area contributed by atoms with Crippen LogP contribution >= 0.6 is 0 Å². The number of fused-ring (bicyclic) bond motifs is 4. The van der Waals surface area contributed by atoms with Crippen LogP contribution in [0.3, 0.4) is 0 Å². The lowest BCUT2D eigenvalue weighted by Gasteiger charge is -2.55. The molecule has 222 valence electrons. The average molecular weight is 587 g/mol. The molecule has 7 atom stereocenters. The predicted octanol–water partition coefficient (Wildman–Crippen LogP) is 0.733. The zero-order valence-electron chi connectivity index (χ0n) is 23.3. The Balaban J connectivity index is 1.60. The molecule has 0 spiro atoms. The fraction of sp³-hybridized carbons (Fsp3) is 0.312. The number of hydrogen-bond acceptors (Lipinski definition) is 10. The van der Waals surface area contributed by atoms with E-state index in [1.54, 1.807) is 36.4 Å². The standard InChI is InChI=1S/C32H30N2O9/c1-34(2)25-24-26(37)19-11-18-17(16-8-7-13(12-35)14-5-3-4-6-15(14)16)9-10-20(36)21(18)27(38)22(19)29(40)32(24,43)30(41)23(28(25)39)31(33)42/h3-10,12,19,23-26,28,36-39,43H,11H2,1-2H3,(H2,33,42)/t19-,23?,24-,25+,26+,28?,32+/m0/s1. The van der Waals surface area contributed by atoms with Crippen LogP contribution in [0.5, 0.6) is 5.75 Å². The number of nitrogens with two attached hydrogens (primary N) is 1. The number of aliphatic hydroxyl groups excluding tert-OH is 3. The van der Waals surface area contributed by atoms with Gasteiger partial charge in [0.15, 0.2) is 17.7 Å². The number of carbonyl (C=O) groups is 4. The summed E-state index contributed by atoms with van der Waals surface area (Å²) in [5.74, 6) is -9.60. The number of benzene rings is 3. The first-order chi connectivity index (χ1) is 20.4. The largest absolute Gasteiger partial charge is 0.507 e. The summed E-state index contributed by atoms with van der Waals surface area (Å²) in [5.41, 5.74) is 3.94. The minimum atomic E-state index is -2.99. The van der Waals surface area contributed by atoms with Crippen LogP contribution < -0.4 is 5.73 Å². The molecule has 0 aromatic heterocycles. The molecule has 3 aliphatic carbocycles. The van der Waals surface area contributed by atoms with Crippen molar-refractivity contribution in [3.05, 3.63) is 70.8 Å². The van der Waals surface area contributed by atoms with E-state index in [0.717, 1.165) is 11.7 Å². The van der Waals surface area contributed by atoms with Crippen LogP contribution in [0.15, 0.2) is 54.1 Å². The average Bonchev–Trinajstić information content (AvgIpc) is 2.96. The smallest absolute Gasteiger partial charge is 0.230 e. The van der Waals surface area contributed by atoms with Gasteiger partial charge in [0.05, 0.1) is 17.8 Å². The Morgan fingerprint density at radius 2 is 1.63 bits per heavy atom. The van der Waals surface area contributed by atoms with Crippen molar-refractivity contribution in [2.24, 2.45) is 23.5 Å². The Bertz CT molecular complexity index is 1780. The number of phenolic OH excluding ortho intramolecular Hbond substituents is 1. The molecule has 43 heavy (non-hydrogen) atoms. The molecule has 1 amide bonds. The highest BCUT2D eigenvalue weighted by atomic mass is 16.3. The summed E-state index contributed by atoms with van der Waals surface area (Å²) in [6.07, 6.45) is -2.73. The van der Waals surface area contributed by atoms with Crippen molar-refractivity contribution < 1.29 is 44.7 Å². The summed E-state index contributed by atoms with van der Waals surface area (Å²) in [4.78, 5) is 53.0. The molecule has 3 aromatic carbocycles. The highest BCUT2D eigenvalue weighted by Crippen LogP contribution is 2.53. The second-order valence-electron chi connectivity index (χ2n) is 11.7. The normalized spacial score (nSPS) is 30.2. The van der Waals surface area contributed by atoms with Crippen molar-refractivity contribution in [2.45, 2.75) is 30.3 Å². The molecule has 2 saturated carbocycles. The van der Waals surface area contributed by atoms with Gasteiger partial charge in [-0.25, -0.2) is 0 Å². The number of primary amides is 1. The molecule has 0 aliphatic heterocycles. The van der Waals surface area contributed by atoms with Crippen molar-refractivity contribution in [3.63, 3.8) is 0 Å². The Morgan fingerprint density at radius 3 is 2.26 bits per heavy atom. The first-order valence-corrected chi connectivity index (χ1v) is 13.7. The number of carbonyl (C=O) groups excluding carboxylic acids is 4. The lowest BCUT2D eigenvalue weighted by Crippen LogP contribution is -2.76. The molecule has 3 aromatic rings. The van der Waals surface area contributed by atoms with Crippen molar-refractivity contribution in [2.75, 3.05) is 14.1 Å². The number of aldehydes is 1. The van der Waals surface area contributed by atoms with Gasteiger partial charge >= 0.3 is 0 Å². The van der Waals surface area contributed by atoms with Gasteiger partial charge in [-0.05, 0) is 54.0 Å². The fourth-order valence-electron chi connectivity index (χ4n) is 7.53. The van der Waals surface area contributed by atoms with Crippen LogP contribution in [0.1, 0.15) is 21.5 Å². The van der Waals surface area contributed by atoms with E-state index in [4.69, 9.17) is 5.73 Å². The third-order valence-electron chi connectivity index (χ3n) is 9.43. The van der Waals surface area contributed by atoms with E-state index in [2.05, 4.69) is 0 Å². The van der Waals surface area contributed by atoms with Crippen LogP contribution in [0.2, 0.25) is 0 Å². The summed E-state index contributed by atoms with van der Waals surface area (Å²) in [5, 5.41) is 58.5. The van der Waals surface area contributed by atoms with E-state index >= 15 is 0 Å². The predicted molar refractivity (Wildman–Crippen MR) is 154 cm³/mol. The van der Waals surface area contributed by atoms with Crippen molar-refractivity contribution in [1.82, 2.24) is 4.90 Å². The number of phenols is 1. The molecule has 6 rings (SSSR count). The lowest BCUT2D eigenvalue weighted by atomic mass is 9.53.